The summed E-state index contributed by atoms with van der Waals surface area (Å²) in [7, 11) is 0. The molecule has 0 unspecified atom stereocenters. The number of fused-ring (bicyclic) bond motifs is 2. The molecule has 0 radical (unpaired) electrons. The van der Waals surface area contributed by atoms with Gasteiger partial charge in [-0.2, -0.15) is 14.6 Å². The Morgan fingerprint density at radius 3 is 2.68 bits per heavy atom. The first kappa shape index (κ1) is 38.8. The molecule has 59 heavy (non-hydrogen) atoms. The maximum absolute atomic E-state index is 14.2. The largest absolute Gasteiger partial charge is 0.503 e. The number of aryl methyl sites for hydroxylation is 1. The van der Waals surface area contributed by atoms with Crippen molar-refractivity contribution in [2.75, 3.05) is 62.2 Å². The van der Waals surface area contributed by atoms with Gasteiger partial charge in [-0.25, -0.2) is 18.1 Å². The highest BCUT2D eigenvalue weighted by atomic mass is 19.2. The molecule has 4 fully saturated rings. The number of phenolic OH excluding ortho intramolecular Hbond substituents is 1. The molecule has 3 aliphatic heterocycles. The minimum atomic E-state index is -1.78. The van der Waals surface area contributed by atoms with Gasteiger partial charge in [-0.1, -0.05) is 6.07 Å². The monoisotopic (exact) mass is 813 g/mol. The predicted octanol–water partition coefficient (Wildman–Crippen LogP) is 5.33. The number of hydrogen-bond donors (Lipinski definition) is 3. The van der Waals surface area contributed by atoms with Crippen LogP contribution in [0.15, 0.2) is 55.0 Å². The van der Waals surface area contributed by atoms with E-state index < -0.39 is 40.7 Å². The number of anilines is 2. The minimum absolute atomic E-state index is 0.127. The average Bonchev–Trinajstić information content (AvgIpc) is 3.98. The van der Waals surface area contributed by atoms with E-state index in [1.54, 1.807) is 15.6 Å². The van der Waals surface area contributed by atoms with Crippen molar-refractivity contribution < 1.29 is 37.4 Å². The highest BCUT2D eigenvalue weighted by Crippen LogP contribution is 2.36. The number of urea groups is 1. The number of nitrogens with one attached hydrogen (secondary N) is 2. The second-order valence-corrected chi connectivity index (χ2v) is 16.4. The lowest BCUT2D eigenvalue weighted by Crippen LogP contribution is -2.53. The van der Waals surface area contributed by atoms with E-state index >= 15 is 0 Å². The van der Waals surface area contributed by atoms with Crippen molar-refractivity contribution in [1.82, 2.24) is 34.9 Å². The van der Waals surface area contributed by atoms with Crippen molar-refractivity contribution in [3.63, 3.8) is 0 Å². The third-order valence-electron chi connectivity index (χ3n) is 12.5. The number of carbonyl (C=O) groups is 3. The fourth-order valence-electron chi connectivity index (χ4n) is 9.20. The zero-order valence-corrected chi connectivity index (χ0v) is 32.5. The first-order chi connectivity index (χ1) is 28.5. The Kier molecular flexibility index (Phi) is 10.4. The van der Waals surface area contributed by atoms with Crippen LogP contribution in [0.4, 0.5) is 29.3 Å². The number of rotatable bonds is 10. The van der Waals surface area contributed by atoms with E-state index in [-0.39, 0.29) is 36.4 Å². The summed E-state index contributed by atoms with van der Waals surface area (Å²) < 4.78 is 52.0. The van der Waals surface area contributed by atoms with Gasteiger partial charge in [0.1, 0.15) is 0 Å². The van der Waals surface area contributed by atoms with Crippen molar-refractivity contribution in [3.8, 4) is 5.75 Å². The van der Waals surface area contributed by atoms with Gasteiger partial charge in [0.2, 0.25) is 11.7 Å². The maximum Gasteiger partial charge on any atom is 0.328 e. The summed E-state index contributed by atoms with van der Waals surface area (Å²) in [6.07, 6.45) is 12.1. The van der Waals surface area contributed by atoms with E-state index in [1.807, 2.05) is 16.9 Å². The number of halogens is 3. The van der Waals surface area contributed by atoms with Crippen LogP contribution in [0.5, 0.6) is 5.75 Å². The van der Waals surface area contributed by atoms with Crippen LogP contribution in [-0.4, -0.2) is 105 Å². The van der Waals surface area contributed by atoms with E-state index in [0.717, 1.165) is 105 Å². The summed E-state index contributed by atoms with van der Waals surface area (Å²) in [4.78, 5) is 42.9. The number of imide groups is 1. The van der Waals surface area contributed by atoms with Gasteiger partial charge in [0, 0.05) is 69.2 Å². The van der Waals surface area contributed by atoms with Crippen molar-refractivity contribution in [3.05, 3.63) is 83.6 Å². The van der Waals surface area contributed by atoms with Crippen LogP contribution in [0.25, 0.3) is 16.4 Å². The van der Waals surface area contributed by atoms with Gasteiger partial charge in [-0.05, 0) is 93.3 Å². The first-order valence-corrected chi connectivity index (χ1v) is 20.3. The zero-order valence-electron chi connectivity index (χ0n) is 32.5. The van der Waals surface area contributed by atoms with E-state index in [9.17, 15) is 32.7 Å². The molecule has 6 heterocycles. The number of amides is 4. The molecule has 3 N–H and O–H groups in total. The first-order valence-electron chi connectivity index (χ1n) is 20.3. The highest BCUT2D eigenvalue weighted by Gasteiger charge is 2.43. The molecule has 4 amide bonds. The van der Waals surface area contributed by atoms with Gasteiger partial charge in [-0.15, -0.1) is 0 Å². The number of aromatic nitrogens is 4. The second kappa shape index (κ2) is 15.8. The lowest BCUT2D eigenvalue weighted by atomic mass is 9.86. The Bertz CT molecular complexity index is 2430. The summed E-state index contributed by atoms with van der Waals surface area (Å²) in [5.41, 5.74) is 3.72. The number of pyridine rings is 1. The molecule has 2 aromatic carbocycles. The molecule has 0 bridgehead atoms. The quantitative estimate of drug-likeness (QED) is 0.159. The van der Waals surface area contributed by atoms with Gasteiger partial charge in [0.15, 0.2) is 17.4 Å². The van der Waals surface area contributed by atoms with Crippen LogP contribution in [0, 0.1) is 23.4 Å². The van der Waals surface area contributed by atoms with Crippen molar-refractivity contribution in [2.45, 2.75) is 63.0 Å². The Morgan fingerprint density at radius 1 is 1.00 bits per heavy atom. The fourth-order valence-corrected chi connectivity index (χ4v) is 9.20. The van der Waals surface area contributed by atoms with Crippen LogP contribution in [-0.2, 0) is 16.0 Å². The molecule has 14 nitrogen and oxygen atoms in total. The second-order valence-electron chi connectivity index (χ2n) is 16.4. The number of aromatic hydroxyl groups is 1. The topological polar surface area (TPSA) is 150 Å². The standard InChI is InChI=1S/C42H46F3N9O5/c43-32-19-31(37(44)38(45)39(32)56)40(57)46-20-26-3-7-29(8-4-26)53-23-28-6-9-30(18-33(28)49-53)51-15-12-42(25-51)24-50(16-17-59-42)13-1-2-27-5-10-34-35(21-47-54(34)22-27)52-14-11-36(55)48-41(52)58/h5-6,9-10,18-19,21-23,26,29,56H,1-4,7-8,11-17,20,24-25H2,(H,46,57)(H,48,55,58)/t26-,29-,42-/m1/s1. The Balaban J connectivity index is 0.752. The van der Waals surface area contributed by atoms with Gasteiger partial charge >= 0.3 is 6.03 Å². The zero-order chi connectivity index (χ0) is 40.8. The van der Waals surface area contributed by atoms with Gasteiger partial charge < -0.3 is 20.1 Å². The summed E-state index contributed by atoms with van der Waals surface area (Å²) in [5.74, 6) is -7.24. The molecule has 17 heteroatoms. The minimum Gasteiger partial charge on any atom is -0.503 e. The van der Waals surface area contributed by atoms with E-state index in [2.05, 4.69) is 56.0 Å². The Labute approximate surface area is 337 Å². The Hall–Kier alpha value is -5.68. The lowest BCUT2D eigenvalue weighted by Gasteiger charge is -2.40. The fraction of sp³-hybridized carbons (Fsp3) is 0.452. The smallest absolute Gasteiger partial charge is 0.328 e. The van der Waals surface area contributed by atoms with Crippen molar-refractivity contribution in [1.29, 1.82) is 0 Å². The number of nitrogens with zero attached hydrogens (tertiary/aromatic N) is 7. The molecule has 9 rings (SSSR count). The van der Waals surface area contributed by atoms with Gasteiger partial charge in [0.05, 0.1) is 46.7 Å². The third-order valence-corrected chi connectivity index (χ3v) is 12.5. The van der Waals surface area contributed by atoms with Crippen LogP contribution < -0.4 is 20.4 Å². The normalized spacial score (nSPS) is 22.8. The maximum atomic E-state index is 14.2. The average molecular weight is 814 g/mol. The molecule has 1 atom stereocenters. The Morgan fingerprint density at radius 2 is 1.85 bits per heavy atom. The molecule has 1 spiro atoms. The van der Waals surface area contributed by atoms with Crippen LogP contribution >= 0.6 is 0 Å². The summed E-state index contributed by atoms with van der Waals surface area (Å²) in [6.45, 7) is 5.70. The number of morpholine rings is 1. The molecule has 1 aliphatic carbocycles. The highest BCUT2D eigenvalue weighted by molar-refractivity contribution is 6.07. The van der Waals surface area contributed by atoms with Crippen LogP contribution in [0.1, 0.15) is 66.9 Å². The van der Waals surface area contributed by atoms with E-state index in [4.69, 9.17) is 9.84 Å². The van der Waals surface area contributed by atoms with Crippen LogP contribution in [0.2, 0.25) is 0 Å². The summed E-state index contributed by atoms with van der Waals surface area (Å²) >= 11 is 0. The third kappa shape index (κ3) is 7.80. The number of carbonyl (C=O) groups excluding carboxylic acids is 3. The molecular formula is C42H46F3N9O5. The number of benzene rings is 2. The molecule has 5 aromatic rings. The van der Waals surface area contributed by atoms with Crippen molar-refractivity contribution in [2.24, 2.45) is 5.92 Å². The van der Waals surface area contributed by atoms with E-state index in [0.29, 0.717) is 24.9 Å². The summed E-state index contributed by atoms with van der Waals surface area (Å²) in [6, 6.07) is 10.8. The van der Waals surface area contributed by atoms with Crippen molar-refractivity contribution >= 4 is 45.6 Å². The molecule has 3 saturated heterocycles. The van der Waals surface area contributed by atoms with E-state index in [1.165, 1.54) is 0 Å². The number of phenols is 1. The molecule has 4 aliphatic rings. The molecule has 1 saturated carbocycles. The molecule has 310 valence electrons. The molecular weight excluding hydrogens is 768 g/mol. The van der Waals surface area contributed by atoms with Crippen LogP contribution in [0.3, 0.4) is 0 Å². The number of ether oxygens (including phenoxy) is 1. The number of hydrogen-bond acceptors (Lipinski definition) is 9. The summed E-state index contributed by atoms with van der Waals surface area (Å²) in [5, 5.41) is 24.7. The lowest BCUT2D eigenvalue weighted by molar-refractivity contribution is -0.120. The predicted molar refractivity (Wildman–Crippen MR) is 212 cm³/mol. The SMILES string of the molecule is O=C1CCN(c2cnn3cc(CCCN4CCO[C@]5(CCN(c6ccc7cn([C@H]8CC[C@H](CNC(=O)c9cc(F)c(O)c(F)c9F)CC8)nc7c6)C5)C4)ccc23)C(=O)N1. The van der Waals surface area contributed by atoms with Gasteiger partial charge in [-0.3, -0.25) is 29.4 Å². The van der Waals surface area contributed by atoms with Gasteiger partial charge in [0.25, 0.3) is 5.91 Å². The molecule has 3 aromatic heterocycles.